The molecule has 4 N–H and O–H groups in total. The summed E-state index contributed by atoms with van der Waals surface area (Å²) in [6.07, 6.45) is 4.36. The van der Waals surface area contributed by atoms with E-state index in [4.69, 9.17) is 0 Å². The van der Waals surface area contributed by atoms with E-state index in [9.17, 15) is 14.7 Å². The van der Waals surface area contributed by atoms with Gasteiger partial charge in [-0.1, -0.05) is 51.1 Å². The highest BCUT2D eigenvalue weighted by Gasteiger charge is 2.35. The Hall–Kier alpha value is -2.54. The summed E-state index contributed by atoms with van der Waals surface area (Å²) in [5.74, 6) is 1.05. The lowest BCUT2D eigenvalue weighted by Crippen LogP contribution is -2.58. The molecule has 2 fully saturated rings. The second-order valence-electron chi connectivity index (χ2n) is 9.50. The van der Waals surface area contributed by atoms with Gasteiger partial charge in [0.05, 0.1) is 12.1 Å². The number of aliphatic hydroxyl groups is 1. The van der Waals surface area contributed by atoms with Crippen molar-refractivity contribution in [2.24, 2.45) is 5.92 Å². The summed E-state index contributed by atoms with van der Waals surface area (Å²) in [5, 5.41) is 20.4. The van der Waals surface area contributed by atoms with E-state index in [0.29, 0.717) is 12.8 Å². The van der Waals surface area contributed by atoms with E-state index >= 15 is 0 Å². The Bertz CT molecular complexity index is 818. The van der Waals surface area contributed by atoms with E-state index in [2.05, 4.69) is 34.7 Å². The number of carbonyl (C=O) groups excluding carboxylic acids is 2. The van der Waals surface area contributed by atoms with Gasteiger partial charge in [0, 0.05) is 26.1 Å². The maximum absolute atomic E-state index is 13.7. The van der Waals surface area contributed by atoms with E-state index in [1.807, 2.05) is 30.3 Å². The zero-order valence-electron chi connectivity index (χ0n) is 20.3. The molecular weight excluding hydrogens is 416 g/mol. The summed E-state index contributed by atoms with van der Waals surface area (Å²) in [4.78, 5) is 27.6. The molecule has 182 valence electrons. The van der Waals surface area contributed by atoms with Crippen LogP contribution in [0.15, 0.2) is 41.7 Å². The molecule has 2 amide bonds. The lowest BCUT2D eigenvalue weighted by atomic mass is 9.90. The second kappa shape index (κ2) is 12.1. The number of hydrogen-bond acceptors (Lipinski definition) is 5. The first-order valence-electron chi connectivity index (χ1n) is 12.4. The minimum Gasteiger partial charge on any atom is -0.389 e. The van der Waals surface area contributed by atoms with E-state index in [0.717, 1.165) is 43.7 Å². The summed E-state index contributed by atoms with van der Waals surface area (Å²) in [7, 11) is 0. The van der Waals surface area contributed by atoms with E-state index in [1.54, 1.807) is 6.92 Å². The number of benzene rings is 1. The number of carbonyl (C=O) groups is 2. The van der Waals surface area contributed by atoms with Crippen molar-refractivity contribution in [2.75, 3.05) is 19.6 Å². The molecule has 1 saturated heterocycles. The van der Waals surface area contributed by atoms with Crippen LogP contribution in [0.25, 0.3) is 0 Å². The summed E-state index contributed by atoms with van der Waals surface area (Å²) >= 11 is 0. The van der Waals surface area contributed by atoms with Crippen LogP contribution in [0, 0.1) is 5.92 Å². The maximum Gasteiger partial charge on any atom is 0.243 e. The Morgan fingerprint density at radius 3 is 2.48 bits per heavy atom. The van der Waals surface area contributed by atoms with Gasteiger partial charge in [-0.25, -0.2) is 0 Å². The van der Waals surface area contributed by atoms with Crippen molar-refractivity contribution in [2.45, 2.75) is 77.5 Å². The van der Waals surface area contributed by atoms with Gasteiger partial charge in [-0.3, -0.25) is 9.59 Å². The summed E-state index contributed by atoms with van der Waals surface area (Å²) in [6.45, 7) is 7.82. The van der Waals surface area contributed by atoms with E-state index in [1.165, 1.54) is 12.0 Å². The first-order valence-corrected chi connectivity index (χ1v) is 12.4. The summed E-state index contributed by atoms with van der Waals surface area (Å²) in [6, 6.07) is 9.00. The van der Waals surface area contributed by atoms with Crippen LogP contribution >= 0.6 is 0 Å². The van der Waals surface area contributed by atoms with Crippen molar-refractivity contribution in [3.63, 3.8) is 0 Å². The number of nitrogens with zero attached hydrogens (tertiary/aromatic N) is 1. The molecule has 2 aliphatic rings. The largest absolute Gasteiger partial charge is 0.389 e. The Kier molecular flexibility index (Phi) is 9.18. The van der Waals surface area contributed by atoms with Crippen molar-refractivity contribution in [3.05, 3.63) is 47.3 Å². The molecule has 0 bridgehead atoms. The average molecular weight is 457 g/mol. The molecule has 1 saturated carbocycles. The third-order valence-corrected chi connectivity index (χ3v) is 6.60. The first-order chi connectivity index (χ1) is 15.9. The predicted octanol–water partition coefficient (Wildman–Crippen LogP) is 2.32. The molecule has 1 aromatic rings. The van der Waals surface area contributed by atoms with Gasteiger partial charge in [0.25, 0.3) is 0 Å². The molecule has 1 aliphatic heterocycles. The minimum atomic E-state index is -0.888. The monoisotopic (exact) mass is 456 g/mol. The number of allylic oxidation sites excluding steroid dienone is 1. The van der Waals surface area contributed by atoms with Gasteiger partial charge in [0.1, 0.15) is 11.9 Å². The summed E-state index contributed by atoms with van der Waals surface area (Å²) in [5.41, 5.74) is 2.44. The van der Waals surface area contributed by atoms with Crippen LogP contribution in [0.1, 0.15) is 58.4 Å². The molecule has 3 rings (SSSR count). The topological polar surface area (TPSA) is 93.7 Å². The number of nitrogens with one attached hydrogen (secondary N) is 3. The molecule has 1 heterocycles. The molecule has 0 spiro atoms. The van der Waals surface area contributed by atoms with Crippen LogP contribution < -0.4 is 16.0 Å². The molecule has 0 aromatic heterocycles. The Labute approximate surface area is 198 Å². The molecule has 1 aliphatic carbocycles. The van der Waals surface area contributed by atoms with Crippen LogP contribution in [0.4, 0.5) is 0 Å². The molecule has 1 aromatic carbocycles. The average Bonchev–Trinajstić information content (AvgIpc) is 2.77. The fourth-order valence-electron chi connectivity index (χ4n) is 4.58. The predicted molar refractivity (Wildman–Crippen MR) is 130 cm³/mol. The fraction of sp³-hybridized carbons (Fsp3) is 0.615. The van der Waals surface area contributed by atoms with Gasteiger partial charge in [-0.2, -0.15) is 0 Å². The molecule has 7 nitrogen and oxygen atoms in total. The highest BCUT2D eigenvalue weighted by atomic mass is 16.3. The Morgan fingerprint density at radius 2 is 1.88 bits per heavy atom. The van der Waals surface area contributed by atoms with Crippen LogP contribution in [-0.2, 0) is 16.0 Å². The zero-order chi connectivity index (χ0) is 23.8. The van der Waals surface area contributed by atoms with Crippen molar-refractivity contribution in [1.82, 2.24) is 20.9 Å². The number of hydrogen-bond donors (Lipinski definition) is 4. The highest BCUT2D eigenvalue weighted by molar-refractivity contribution is 5.83. The van der Waals surface area contributed by atoms with Crippen LogP contribution in [0.2, 0.25) is 0 Å². The van der Waals surface area contributed by atoms with E-state index < -0.39 is 12.1 Å². The quantitative estimate of drug-likeness (QED) is 0.434. The van der Waals surface area contributed by atoms with Crippen molar-refractivity contribution in [1.29, 1.82) is 0 Å². The number of rotatable bonds is 10. The van der Waals surface area contributed by atoms with Crippen molar-refractivity contribution < 1.29 is 14.7 Å². The molecule has 7 heteroatoms. The second-order valence-corrected chi connectivity index (χ2v) is 9.50. The van der Waals surface area contributed by atoms with Gasteiger partial charge in [0.2, 0.25) is 11.8 Å². The smallest absolute Gasteiger partial charge is 0.243 e. The molecule has 3 atom stereocenters. The lowest BCUT2D eigenvalue weighted by Gasteiger charge is -2.43. The maximum atomic E-state index is 13.7. The van der Waals surface area contributed by atoms with Crippen LogP contribution in [-0.4, -0.2) is 59.6 Å². The van der Waals surface area contributed by atoms with Crippen LogP contribution in [0.3, 0.4) is 0 Å². The highest BCUT2D eigenvalue weighted by Crippen LogP contribution is 2.32. The normalized spacial score (nSPS) is 18.8. The molecular formula is C26H40N4O3. The van der Waals surface area contributed by atoms with Crippen LogP contribution in [0.5, 0.6) is 0 Å². The Morgan fingerprint density at radius 1 is 1.15 bits per heavy atom. The molecule has 0 radical (unpaired) electrons. The van der Waals surface area contributed by atoms with Crippen molar-refractivity contribution in [3.8, 4) is 0 Å². The summed E-state index contributed by atoms with van der Waals surface area (Å²) < 4.78 is 0. The third-order valence-electron chi connectivity index (χ3n) is 6.60. The zero-order valence-corrected chi connectivity index (χ0v) is 20.3. The van der Waals surface area contributed by atoms with E-state index in [-0.39, 0.29) is 30.3 Å². The third kappa shape index (κ3) is 6.73. The standard InChI is InChI=1S/C26H40N4O3/c1-4-23(32)28-17-22(31)21(16-19-10-6-5-7-11-19)29-26(33)24(18(2)3)30-15-9-14-27-25(30)20-12-8-13-20/h5-7,10-11,18,21-22,24,27,31H,4,8-9,12-17H2,1-3H3,(H,28,32)(H,29,33)/t21-,22?,24?/m0/s1. The van der Waals surface area contributed by atoms with Gasteiger partial charge in [0.15, 0.2) is 0 Å². The molecule has 33 heavy (non-hydrogen) atoms. The number of amides is 2. The number of aliphatic hydroxyl groups excluding tert-OH is 1. The molecule has 2 unspecified atom stereocenters. The van der Waals surface area contributed by atoms with Gasteiger partial charge in [-0.05, 0) is 49.2 Å². The SMILES string of the molecule is CCC(=O)NCC(O)[C@H](Cc1ccccc1)NC(=O)C(C(C)C)N1CCCNC1=C1CCC1. The lowest BCUT2D eigenvalue weighted by molar-refractivity contribution is -0.129. The van der Waals surface area contributed by atoms with Gasteiger partial charge < -0.3 is 26.0 Å². The Balaban J connectivity index is 1.78. The van der Waals surface area contributed by atoms with Gasteiger partial charge in [-0.15, -0.1) is 0 Å². The van der Waals surface area contributed by atoms with Gasteiger partial charge >= 0.3 is 0 Å². The fourth-order valence-corrected chi connectivity index (χ4v) is 4.58. The minimum absolute atomic E-state index is 0.0760. The van der Waals surface area contributed by atoms with Crippen molar-refractivity contribution >= 4 is 11.8 Å². The first kappa shape index (κ1) is 25.1.